The van der Waals surface area contributed by atoms with Gasteiger partial charge in [-0.25, -0.2) is 0 Å². The van der Waals surface area contributed by atoms with Crippen molar-refractivity contribution in [2.24, 2.45) is 0 Å². The molecule has 184 valence electrons. The normalized spacial score (nSPS) is 11.2. The van der Waals surface area contributed by atoms with Gasteiger partial charge in [0.2, 0.25) is 11.2 Å². The van der Waals surface area contributed by atoms with Gasteiger partial charge in [-0.15, -0.1) is 0 Å². The molecule has 0 saturated heterocycles. The summed E-state index contributed by atoms with van der Waals surface area (Å²) in [5.74, 6) is -0.247. The molecule has 0 bridgehead atoms. The standard InChI is InChI=1S/C28H36O6/c1-33-25-16-14-21(19-23(25)30)28-27(32)26(31)22-18-20(13-15-24(22)34-28)12-10-8-6-4-2-3-5-7-9-11-17-29/h13-16,18-19,29-30,32H,2-12,17H2,1H3. The van der Waals surface area contributed by atoms with Gasteiger partial charge in [0.1, 0.15) is 5.58 Å². The quantitative estimate of drug-likeness (QED) is 0.240. The molecule has 1 heterocycles. The van der Waals surface area contributed by atoms with Crippen molar-refractivity contribution >= 4 is 11.0 Å². The number of rotatable bonds is 14. The first-order chi connectivity index (χ1) is 16.5. The number of methoxy groups -OCH3 is 1. The Morgan fingerprint density at radius 3 is 2.09 bits per heavy atom. The molecule has 0 radical (unpaired) electrons. The Balaban J connectivity index is 1.55. The van der Waals surface area contributed by atoms with Crippen molar-refractivity contribution in [3.63, 3.8) is 0 Å². The predicted molar refractivity (Wildman–Crippen MR) is 135 cm³/mol. The first-order valence-electron chi connectivity index (χ1n) is 12.3. The second kappa shape index (κ2) is 13.0. The third-order valence-corrected chi connectivity index (χ3v) is 6.25. The number of phenols is 1. The van der Waals surface area contributed by atoms with Crippen LogP contribution in [-0.2, 0) is 6.42 Å². The largest absolute Gasteiger partial charge is 0.504 e. The van der Waals surface area contributed by atoms with Gasteiger partial charge in [0, 0.05) is 12.2 Å². The number of benzene rings is 2. The lowest BCUT2D eigenvalue weighted by Crippen LogP contribution is -2.03. The van der Waals surface area contributed by atoms with E-state index in [9.17, 15) is 15.0 Å². The molecule has 0 aliphatic heterocycles. The summed E-state index contributed by atoms with van der Waals surface area (Å²) >= 11 is 0. The SMILES string of the molecule is COc1ccc(-c2oc3ccc(CCCCCCCCCCCCO)cc3c(=O)c2O)cc1O. The van der Waals surface area contributed by atoms with Gasteiger partial charge in [-0.1, -0.05) is 57.4 Å². The van der Waals surface area contributed by atoms with Crippen LogP contribution >= 0.6 is 0 Å². The van der Waals surface area contributed by atoms with Crippen LogP contribution in [-0.4, -0.2) is 29.0 Å². The van der Waals surface area contributed by atoms with Crippen LogP contribution in [0.3, 0.4) is 0 Å². The molecule has 1 aromatic heterocycles. The minimum absolute atomic E-state index is 0.0246. The molecule has 3 aromatic rings. The molecule has 0 aliphatic carbocycles. The number of phenolic OH excluding ortho intramolecular Hbond substituents is 1. The third-order valence-electron chi connectivity index (χ3n) is 6.25. The Morgan fingerprint density at radius 1 is 0.824 bits per heavy atom. The molecule has 0 unspecified atom stereocenters. The summed E-state index contributed by atoms with van der Waals surface area (Å²) in [6, 6.07) is 10.1. The van der Waals surface area contributed by atoms with Gasteiger partial charge in [-0.2, -0.15) is 0 Å². The second-order valence-electron chi connectivity index (χ2n) is 8.84. The lowest BCUT2D eigenvalue weighted by Gasteiger charge is -2.09. The van der Waals surface area contributed by atoms with Crippen LogP contribution in [0.25, 0.3) is 22.3 Å². The molecular formula is C28H36O6. The zero-order valence-electron chi connectivity index (χ0n) is 20.0. The van der Waals surface area contributed by atoms with Crippen LogP contribution in [0, 0.1) is 0 Å². The summed E-state index contributed by atoms with van der Waals surface area (Å²) in [6.07, 6.45) is 12.6. The number of unbranched alkanes of at least 4 members (excludes halogenated alkanes) is 9. The van der Waals surface area contributed by atoms with E-state index >= 15 is 0 Å². The van der Waals surface area contributed by atoms with E-state index in [-0.39, 0.29) is 11.5 Å². The van der Waals surface area contributed by atoms with Crippen molar-refractivity contribution in [3.8, 4) is 28.6 Å². The van der Waals surface area contributed by atoms with Crippen molar-refractivity contribution in [3.05, 3.63) is 52.2 Å². The minimum Gasteiger partial charge on any atom is -0.504 e. The second-order valence-corrected chi connectivity index (χ2v) is 8.84. The molecular weight excluding hydrogens is 432 g/mol. The molecule has 0 fully saturated rings. The van der Waals surface area contributed by atoms with Crippen LogP contribution in [0.1, 0.15) is 69.8 Å². The van der Waals surface area contributed by atoms with Crippen LogP contribution < -0.4 is 10.2 Å². The van der Waals surface area contributed by atoms with Crippen molar-refractivity contribution in [1.29, 1.82) is 0 Å². The lowest BCUT2D eigenvalue weighted by atomic mass is 10.0. The third kappa shape index (κ3) is 6.76. The molecule has 6 heteroatoms. The summed E-state index contributed by atoms with van der Waals surface area (Å²) in [5, 5.41) is 29.7. The molecule has 3 rings (SSSR count). The zero-order valence-corrected chi connectivity index (χ0v) is 20.0. The van der Waals surface area contributed by atoms with Gasteiger partial charge in [-0.3, -0.25) is 4.79 Å². The lowest BCUT2D eigenvalue weighted by molar-refractivity contribution is 0.282. The van der Waals surface area contributed by atoms with Crippen molar-refractivity contribution in [1.82, 2.24) is 0 Å². The van der Waals surface area contributed by atoms with Gasteiger partial charge in [0.15, 0.2) is 17.3 Å². The number of fused-ring (bicyclic) bond motifs is 1. The monoisotopic (exact) mass is 468 g/mol. The van der Waals surface area contributed by atoms with Crippen LogP contribution in [0.2, 0.25) is 0 Å². The fraction of sp³-hybridized carbons (Fsp3) is 0.464. The van der Waals surface area contributed by atoms with E-state index in [2.05, 4.69) is 0 Å². The van der Waals surface area contributed by atoms with Crippen molar-refractivity contribution in [2.75, 3.05) is 13.7 Å². The van der Waals surface area contributed by atoms with E-state index < -0.39 is 11.2 Å². The van der Waals surface area contributed by atoms with Crippen LogP contribution in [0.15, 0.2) is 45.6 Å². The summed E-state index contributed by atoms with van der Waals surface area (Å²) in [4.78, 5) is 12.8. The topological polar surface area (TPSA) is 100 Å². The number of aryl methyl sites for hydroxylation is 1. The first-order valence-corrected chi connectivity index (χ1v) is 12.3. The fourth-order valence-electron chi connectivity index (χ4n) is 4.27. The maximum absolute atomic E-state index is 12.8. The van der Waals surface area contributed by atoms with Gasteiger partial charge in [-0.05, 0) is 55.2 Å². The molecule has 0 aliphatic rings. The number of aliphatic hydroxyl groups excluding tert-OH is 1. The van der Waals surface area contributed by atoms with E-state index in [1.54, 1.807) is 18.2 Å². The van der Waals surface area contributed by atoms with Gasteiger partial charge in [0.05, 0.1) is 12.5 Å². The Bertz CT molecular complexity index is 1120. The van der Waals surface area contributed by atoms with Crippen LogP contribution in [0.5, 0.6) is 17.2 Å². The average Bonchev–Trinajstić information content (AvgIpc) is 2.85. The number of aliphatic hydroxyl groups is 1. The fourth-order valence-corrected chi connectivity index (χ4v) is 4.27. The summed E-state index contributed by atoms with van der Waals surface area (Å²) in [6.45, 7) is 0.305. The number of hydrogen-bond donors (Lipinski definition) is 3. The van der Waals surface area contributed by atoms with E-state index in [0.717, 1.165) is 37.7 Å². The molecule has 2 aromatic carbocycles. The highest BCUT2D eigenvalue weighted by Crippen LogP contribution is 2.35. The Morgan fingerprint density at radius 2 is 1.47 bits per heavy atom. The van der Waals surface area contributed by atoms with E-state index in [4.69, 9.17) is 14.3 Å². The van der Waals surface area contributed by atoms with Crippen LogP contribution in [0.4, 0.5) is 0 Å². The number of ether oxygens (including phenoxy) is 1. The van der Waals surface area contributed by atoms with E-state index in [0.29, 0.717) is 28.9 Å². The predicted octanol–water partition coefficient (Wildman–Crippen LogP) is 6.32. The van der Waals surface area contributed by atoms with E-state index in [1.165, 1.54) is 51.7 Å². The smallest absolute Gasteiger partial charge is 0.235 e. The Kier molecular flexibility index (Phi) is 9.83. The molecule has 0 spiro atoms. The highest BCUT2D eigenvalue weighted by atomic mass is 16.5. The van der Waals surface area contributed by atoms with Crippen molar-refractivity contribution < 1.29 is 24.5 Å². The molecule has 0 saturated carbocycles. The van der Waals surface area contributed by atoms with Gasteiger partial charge >= 0.3 is 0 Å². The molecule has 6 nitrogen and oxygen atoms in total. The molecule has 3 N–H and O–H groups in total. The highest BCUT2D eigenvalue weighted by molar-refractivity contribution is 5.82. The maximum atomic E-state index is 12.8. The Labute approximate surface area is 200 Å². The van der Waals surface area contributed by atoms with Crippen molar-refractivity contribution in [2.45, 2.75) is 70.6 Å². The average molecular weight is 469 g/mol. The summed E-state index contributed by atoms with van der Waals surface area (Å²) in [5.41, 5.74) is 1.37. The highest BCUT2D eigenvalue weighted by Gasteiger charge is 2.17. The maximum Gasteiger partial charge on any atom is 0.235 e. The van der Waals surface area contributed by atoms with Gasteiger partial charge in [0.25, 0.3) is 0 Å². The number of aromatic hydroxyl groups is 2. The zero-order chi connectivity index (χ0) is 24.3. The first kappa shape index (κ1) is 25.6. The Hall–Kier alpha value is -2.99. The summed E-state index contributed by atoms with van der Waals surface area (Å²) in [7, 11) is 1.45. The minimum atomic E-state index is -0.479. The number of hydrogen-bond acceptors (Lipinski definition) is 6. The molecule has 34 heavy (non-hydrogen) atoms. The summed E-state index contributed by atoms with van der Waals surface area (Å²) < 4.78 is 10.9. The molecule has 0 amide bonds. The molecule has 0 atom stereocenters. The van der Waals surface area contributed by atoms with Gasteiger partial charge < -0.3 is 24.5 Å². The van der Waals surface area contributed by atoms with E-state index in [1.807, 2.05) is 12.1 Å².